The Morgan fingerprint density at radius 3 is 2.88 bits per heavy atom. The fourth-order valence-electron chi connectivity index (χ4n) is 3.92. The Kier molecular flexibility index (Phi) is 6.41. The lowest BCUT2D eigenvalue weighted by molar-refractivity contribution is -0.132. The Hall–Kier alpha value is -1.05. The van der Waals surface area contributed by atoms with Gasteiger partial charge in [0.1, 0.15) is 6.61 Å². The van der Waals surface area contributed by atoms with Crippen molar-refractivity contribution in [2.24, 2.45) is 0 Å². The third kappa shape index (κ3) is 4.57. The van der Waals surface area contributed by atoms with Crippen molar-refractivity contribution < 1.29 is 14.3 Å². The first-order valence-corrected chi connectivity index (χ1v) is 10.1. The van der Waals surface area contributed by atoms with E-state index in [0.717, 1.165) is 51.7 Å². The summed E-state index contributed by atoms with van der Waals surface area (Å²) in [6.45, 7) is 3.60. The molecule has 3 aliphatic rings. The summed E-state index contributed by atoms with van der Waals surface area (Å²) < 4.78 is 4.84. The number of nitrogens with zero attached hydrogens (tertiary/aromatic N) is 2. The summed E-state index contributed by atoms with van der Waals surface area (Å²) in [4.78, 5) is 30.5. The van der Waals surface area contributed by atoms with E-state index in [4.69, 9.17) is 4.74 Å². The Bertz CT molecular complexity index is 532. The molecule has 0 radical (unpaired) electrons. The molecule has 0 aromatic carbocycles. The van der Waals surface area contributed by atoms with Gasteiger partial charge in [0.05, 0.1) is 5.25 Å². The van der Waals surface area contributed by atoms with Crippen LogP contribution in [-0.4, -0.2) is 79.8 Å². The molecule has 0 spiro atoms. The number of hydrogen-bond acceptors (Lipinski definition) is 5. The highest BCUT2D eigenvalue weighted by molar-refractivity contribution is 8.04. The highest BCUT2D eigenvalue weighted by Crippen LogP contribution is 2.43. The Morgan fingerprint density at radius 2 is 2.08 bits per heavy atom. The second-order valence-electron chi connectivity index (χ2n) is 7.21. The standard InChI is InChI=1S/C18H29N3O3S/c1-20-8-5-13-10-16(25-15(13)6-9-20)18(23)21-7-3-4-14(21)11-19-17(22)12-24-2/h14,16H,3-12H2,1-2H3,(H,19,22)/t14-,16?/m0/s1. The summed E-state index contributed by atoms with van der Waals surface area (Å²) in [6.07, 6.45) is 5.07. The van der Waals surface area contributed by atoms with Crippen LogP contribution in [-0.2, 0) is 14.3 Å². The van der Waals surface area contributed by atoms with Crippen molar-refractivity contribution in [2.45, 2.75) is 43.4 Å². The summed E-state index contributed by atoms with van der Waals surface area (Å²) >= 11 is 1.79. The van der Waals surface area contributed by atoms with Gasteiger partial charge in [0.15, 0.2) is 0 Å². The van der Waals surface area contributed by atoms with E-state index in [1.807, 2.05) is 4.90 Å². The van der Waals surface area contributed by atoms with E-state index in [2.05, 4.69) is 17.3 Å². The molecule has 6 nitrogen and oxygen atoms in total. The zero-order valence-electron chi connectivity index (χ0n) is 15.3. The number of thioether (sulfide) groups is 1. The second kappa shape index (κ2) is 8.56. The van der Waals surface area contributed by atoms with Crippen molar-refractivity contribution in [3.05, 3.63) is 10.5 Å². The molecular formula is C18H29N3O3S. The van der Waals surface area contributed by atoms with Gasteiger partial charge in [-0.05, 0) is 44.1 Å². The number of amides is 2. The molecule has 0 saturated carbocycles. The van der Waals surface area contributed by atoms with Gasteiger partial charge in [-0.25, -0.2) is 0 Å². The Labute approximate surface area is 154 Å². The quantitative estimate of drug-likeness (QED) is 0.792. The molecule has 3 aliphatic heterocycles. The number of rotatable bonds is 5. The predicted molar refractivity (Wildman–Crippen MR) is 99.4 cm³/mol. The molecule has 25 heavy (non-hydrogen) atoms. The third-order valence-electron chi connectivity index (χ3n) is 5.37. The first kappa shape index (κ1) is 18.7. The van der Waals surface area contributed by atoms with Crippen LogP contribution in [0.3, 0.4) is 0 Å². The Balaban J connectivity index is 1.53. The van der Waals surface area contributed by atoms with Crippen LogP contribution in [0.5, 0.6) is 0 Å². The van der Waals surface area contributed by atoms with Gasteiger partial charge in [0.25, 0.3) is 0 Å². The van der Waals surface area contributed by atoms with E-state index in [-0.39, 0.29) is 29.7 Å². The highest BCUT2D eigenvalue weighted by atomic mass is 32.2. The first-order chi connectivity index (χ1) is 12.1. The number of ether oxygens (including phenoxy) is 1. The molecule has 7 heteroatoms. The number of methoxy groups -OCH3 is 1. The van der Waals surface area contributed by atoms with Gasteiger partial charge in [0, 0.05) is 39.3 Å². The van der Waals surface area contributed by atoms with Crippen molar-refractivity contribution in [3.8, 4) is 0 Å². The lowest BCUT2D eigenvalue weighted by atomic mass is 10.1. The molecule has 0 bridgehead atoms. The van der Waals surface area contributed by atoms with Crippen LogP contribution >= 0.6 is 11.8 Å². The molecule has 3 rings (SSSR count). The van der Waals surface area contributed by atoms with Gasteiger partial charge in [-0.15, -0.1) is 11.8 Å². The normalized spacial score (nSPS) is 27.4. The summed E-state index contributed by atoms with van der Waals surface area (Å²) in [6, 6.07) is 0.125. The summed E-state index contributed by atoms with van der Waals surface area (Å²) in [5.74, 6) is 0.143. The first-order valence-electron chi connectivity index (χ1n) is 9.20. The summed E-state index contributed by atoms with van der Waals surface area (Å²) in [5, 5.41) is 2.93. The van der Waals surface area contributed by atoms with Gasteiger partial charge >= 0.3 is 0 Å². The number of carbonyl (C=O) groups excluding carboxylic acids is 2. The molecular weight excluding hydrogens is 338 g/mol. The van der Waals surface area contributed by atoms with E-state index in [9.17, 15) is 9.59 Å². The van der Waals surface area contributed by atoms with E-state index in [1.54, 1.807) is 11.8 Å². The minimum absolute atomic E-state index is 0.0451. The summed E-state index contributed by atoms with van der Waals surface area (Å²) in [7, 11) is 3.68. The van der Waals surface area contributed by atoms with Crippen molar-refractivity contribution >= 4 is 23.6 Å². The van der Waals surface area contributed by atoms with E-state index in [1.165, 1.54) is 17.6 Å². The zero-order chi connectivity index (χ0) is 17.8. The number of likely N-dealkylation sites (tertiary alicyclic amines) is 1. The topological polar surface area (TPSA) is 61.9 Å². The van der Waals surface area contributed by atoms with Crippen molar-refractivity contribution in [1.82, 2.24) is 15.1 Å². The van der Waals surface area contributed by atoms with Gasteiger partial charge in [-0.3, -0.25) is 9.59 Å². The molecule has 2 amide bonds. The second-order valence-corrected chi connectivity index (χ2v) is 8.50. The predicted octanol–water partition coefficient (Wildman–Crippen LogP) is 1.23. The van der Waals surface area contributed by atoms with Gasteiger partial charge < -0.3 is 19.9 Å². The minimum Gasteiger partial charge on any atom is -0.375 e. The Morgan fingerprint density at radius 1 is 1.28 bits per heavy atom. The van der Waals surface area contributed by atoms with E-state index >= 15 is 0 Å². The lowest BCUT2D eigenvalue weighted by Crippen LogP contribution is -2.46. The maximum atomic E-state index is 13.1. The molecule has 3 heterocycles. The average Bonchev–Trinajstić information content (AvgIpc) is 3.19. The molecule has 2 atom stereocenters. The fraction of sp³-hybridized carbons (Fsp3) is 0.778. The minimum atomic E-state index is -0.116. The molecule has 0 aliphatic carbocycles. The van der Waals surface area contributed by atoms with Gasteiger partial charge in [-0.1, -0.05) is 5.57 Å². The highest BCUT2D eigenvalue weighted by Gasteiger charge is 2.37. The van der Waals surface area contributed by atoms with Crippen LogP contribution in [0.4, 0.5) is 0 Å². The number of nitrogens with one attached hydrogen (secondary N) is 1. The molecule has 140 valence electrons. The maximum absolute atomic E-state index is 13.1. The van der Waals surface area contributed by atoms with E-state index in [0.29, 0.717) is 6.54 Å². The SMILES string of the molecule is COCC(=O)NC[C@@H]1CCCN1C(=O)C1CC2=C(CCN(C)CC2)S1. The number of hydrogen-bond donors (Lipinski definition) is 1. The maximum Gasteiger partial charge on any atom is 0.246 e. The van der Waals surface area contributed by atoms with Crippen LogP contribution < -0.4 is 5.32 Å². The lowest BCUT2D eigenvalue weighted by Gasteiger charge is -2.27. The van der Waals surface area contributed by atoms with Crippen LogP contribution in [0.25, 0.3) is 0 Å². The zero-order valence-corrected chi connectivity index (χ0v) is 16.1. The third-order valence-corrected chi connectivity index (χ3v) is 6.80. The summed E-state index contributed by atoms with van der Waals surface area (Å²) in [5.41, 5.74) is 1.50. The van der Waals surface area contributed by atoms with Gasteiger partial charge in [-0.2, -0.15) is 0 Å². The van der Waals surface area contributed by atoms with Crippen LogP contribution in [0.2, 0.25) is 0 Å². The molecule has 0 aromatic heterocycles. The molecule has 0 aromatic rings. The largest absolute Gasteiger partial charge is 0.375 e. The van der Waals surface area contributed by atoms with Gasteiger partial charge in [0.2, 0.25) is 11.8 Å². The monoisotopic (exact) mass is 367 g/mol. The number of carbonyl (C=O) groups is 2. The van der Waals surface area contributed by atoms with Crippen molar-refractivity contribution in [1.29, 1.82) is 0 Å². The smallest absolute Gasteiger partial charge is 0.246 e. The molecule has 1 unspecified atom stereocenters. The van der Waals surface area contributed by atoms with E-state index < -0.39 is 0 Å². The average molecular weight is 368 g/mol. The van der Waals surface area contributed by atoms with Crippen LogP contribution in [0.15, 0.2) is 10.5 Å². The van der Waals surface area contributed by atoms with Crippen molar-refractivity contribution in [3.63, 3.8) is 0 Å². The molecule has 1 N–H and O–H groups in total. The fourth-order valence-corrected chi connectivity index (χ4v) is 5.34. The molecule has 1 saturated heterocycles. The van der Waals surface area contributed by atoms with Crippen molar-refractivity contribution in [2.75, 3.05) is 46.9 Å². The molecule has 1 fully saturated rings. The van der Waals surface area contributed by atoms with Crippen LogP contribution in [0, 0.1) is 0 Å². The van der Waals surface area contributed by atoms with Crippen LogP contribution in [0.1, 0.15) is 32.1 Å².